The highest BCUT2D eigenvalue weighted by Gasteiger charge is 2.39. The molecule has 0 saturated carbocycles. The first kappa shape index (κ1) is 17.8. The topological polar surface area (TPSA) is 59.6 Å². The molecule has 1 unspecified atom stereocenters. The lowest BCUT2D eigenvalue weighted by atomic mass is 9.91. The van der Waals surface area contributed by atoms with Gasteiger partial charge in [0.05, 0.1) is 7.11 Å². The van der Waals surface area contributed by atoms with Crippen LogP contribution in [0.3, 0.4) is 0 Å². The molecular weight excluding hydrogens is 292 g/mol. The molecule has 2 rings (SSSR count). The van der Waals surface area contributed by atoms with Crippen molar-refractivity contribution >= 4 is 5.91 Å². The summed E-state index contributed by atoms with van der Waals surface area (Å²) in [4.78, 5) is 12.5. The molecule has 128 valence electrons. The van der Waals surface area contributed by atoms with Crippen LogP contribution >= 0.6 is 0 Å². The summed E-state index contributed by atoms with van der Waals surface area (Å²) in [5.74, 6) is 1.26. The van der Waals surface area contributed by atoms with Crippen molar-refractivity contribution in [1.82, 2.24) is 10.6 Å². The van der Waals surface area contributed by atoms with Gasteiger partial charge in [-0.05, 0) is 56.0 Å². The molecule has 1 fully saturated rings. The van der Waals surface area contributed by atoms with E-state index in [0.29, 0.717) is 12.5 Å². The summed E-state index contributed by atoms with van der Waals surface area (Å²) in [6.07, 6.45) is 2.35. The Hall–Kier alpha value is -1.59. The van der Waals surface area contributed by atoms with E-state index in [1.807, 2.05) is 12.1 Å². The largest absolute Gasteiger partial charge is 0.497 e. The molecule has 1 saturated heterocycles. The third kappa shape index (κ3) is 4.45. The number of methoxy groups -OCH3 is 2. The maximum absolute atomic E-state index is 12.5. The number of hydrogen-bond donors (Lipinski definition) is 2. The maximum Gasteiger partial charge on any atom is 0.252 e. The number of rotatable bonds is 7. The van der Waals surface area contributed by atoms with Crippen LogP contribution < -0.4 is 15.4 Å². The molecule has 1 aliphatic rings. The number of amides is 1. The zero-order valence-corrected chi connectivity index (χ0v) is 14.4. The van der Waals surface area contributed by atoms with E-state index in [0.717, 1.165) is 38.1 Å². The third-order valence-corrected chi connectivity index (χ3v) is 4.76. The third-order valence-electron chi connectivity index (χ3n) is 4.76. The molecule has 1 aromatic rings. The van der Waals surface area contributed by atoms with Crippen molar-refractivity contribution in [3.63, 3.8) is 0 Å². The molecule has 0 radical (unpaired) electrons. The predicted molar refractivity (Wildman–Crippen MR) is 90.9 cm³/mol. The van der Waals surface area contributed by atoms with Gasteiger partial charge in [-0.15, -0.1) is 0 Å². The van der Waals surface area contributed by atoms with Crippen LogP contribution in [0.4, 0.5) is 0 Å². The van der Waals surface area contributed by atoms with Gasteiger partial charge in [0.25, 0.3) is 5.91 Å². The van der Waals surface area contributed by atoms with E-state index in [-0.39, 0.29) is 5.91 Å². The van der Waals surface area contributed by atoms with Crippen LogP contribution in [0.15, 0.2) is 24.3 Å². The molecule has 0 bridgehead atoms. The van der Waals surface area contributed by atoms with Crippen molar-refractivity contribution in [1.29, 1.82) is 0 Å². The van der Waals surface area contributed by atoms with Crippen molar-refractivity contribution < 1.29 is 14.3 Å². The standard InChI is InChI=1S/C18H28N2O3/c1-14(15-4-6-16(22-2)7-5-15)8-11-20-17(21)18(23-3)9-12-19-13-10-18/h4-7,14,19H,8-13H2,1-3H3,(H,20,21). The van der Waals surface area contributed by atoms with Crippen molar-refractivity contribution in [3.05, 3.63) is 29.8 Å². The van der Waals surface area contributed by atoms with E-state index in [9.17, 15) is 4.79 Å². The molecule has 23 heavy (non-hydrogen) atoms. The fraction of sp³-hybridized carbons (Fsp3) is 0.611. The summed E-state index contributed by atoms with van der Waals surface area (Å²) >= 11 is 0. The molecule has 1 aliphatic heterocycles. The van der Waals surface area contributed by atoms with Crippen LogP contribution in [0.25, 0.3) is 0 Å². The van der Waals surface area contributed by atoms with Crippen molar-refractivity contribution in [2.24, 2.45) is 0 Å². The van der Waals surface area contributed by atoms with Gasteiger partial charge in [0.15, 0.2) is 0 Å². The highest BCUT2D eigenvalue weighted by Crippen LogP contribution is 2.24. The van der Waals surface area contributed by atoms with Crippen molar-refractivity contribution in [2.45, 2.75) is 37.7 Å². The maximum atomic E-state index is 12.5. The molecule has 0 spiro atoms. The second-order valence-corrected chi connectivity index (χ2v) is 6.17. The molecule has 2 N–H and O–H groups in total. The molecule has 1 amide bonds. The summed E-state index contributed by atoms with van der Waals surface area (Å²) in [5, 5.41) is 6.31. The number of carbonyl (C=O) groups excluding carboxylic acids is 1. The van der Waals surface area contributed by atoms with Gasteiger partial charge in [-0.25, -0.2) is 0 Å². The van der Waals surface area contributed by atoms with Gasteiger partial charge in [-0.3, -0.25) is 4.79 Å². The SMILES string of the molecule is COc1ccc(C(C)CCNC(=O)C2(OC)CCNCC2)cc1. The van der Waals surface area contributed by atoms with Crippen LogP contribution in [0, 0.1) is 0 Å². The fourth-order valence-corrected chi connectivity index (χ4v) is 3.02. The Bertz CT molecular complexity index is 495. The smallest absolute Gasteiger partial charge is 0.252 e. The average molecular weight is 320 g/mol. The highest BCUT2D eigenvalue weighted by molar-refractivity contribution is 5.85. The van der Waals surface area contributed by atoms with Crippen LogP contribution in [0.5, 0.6) is 5.75 Å². The van der Waals surface area contributed by atoms with Gasteiger partial charge >= 0.3 is 0 Å². The first-order valence-corrected chi connectivity index (χ1v) is 8.29. The number of piperidine rings is 1. The number of benzene rings is 1. The van der Waals surface area contributed by atoms with Crippen LogP contribution in [0.1, 0.15) is 37.7 Å². The Balaban J connectivity index is 1.82. The van der Waals surface area contributed by atoms with Gasteiger partial charge < -0.3 is 20.1 Å². The van der Waals surface area contributed by atoms with Gasteiger partial charge in [0.2, 0.25) is 0 Å². The van der Waals surface area contributed by atoms with Gasteiger partial charge in [-0.2, -0.15) is 0 Å². The fourth-order valence-electron chi connectivity index (χ4n) is 3.02. The molecule has 0 aromatic heterocycles. The monoisotopic (exact) mass is 320 g/mol. The molecule has 0 aliphatic carbocycles. The summed E-state index contributed by atoms with van der Waals surface area (Å²) in [6, 6.07) is 8.10. The van der Waals surface area contributed by atoms with Crippen LogP contribution in [-0.2, 0) is 9.53 Å². The average Bonchev–Trinajstić information content (AvgIpc) is 2.62. The van der Waals surface area contributed by atoms with E-state index in [1.54, 1.807) is 14.2 Å². The lowest BCUT2D eigenvalue weighted by Crippen LogP contribution is -2.54. The Morgan fingerprint density at radius 2 is 1.91 bits per heavy atom. The summed E-state index contributed by atoms with van der Waals surface area (Å²) in [7, 11) is 3.30. The van der Waals surface area contributed by atoms with Crippen molar-refractivity contribution in [3.8, 4) is 5.75 Å². The van der Waals surface area contributed by atoms with Gasteiger partial charge in [0, 0.05) is 13.7 Å². The van der Waals surface area contributed by atoms with Crippen LogP contribution in [-0.4, -0.2) is 45.4 Å². The molecule has 5 heteroatoms. The quantitative estimate of drug-likeness (QED) is 0.807. The van der Waals surface area contributed by atoms with Crippen LogP contribution in [0.2, 0.25) is 0 Å². The minimum Gasteiger partial charge on any atom is -0.497 e. The Kier molecular flexibility index (Phi) is 6.42. The number of carbonyl (C=O) groups is 1. The van der Waals surface area contributed by atoms with Crippen molar-refractivity contribution in [2.75, 3.05) is 33.9 Å². The predicted octanol–water partition coefficient (Wildman–Crippen LogP) is 2.07. The summed E-state index contributed by atoms with van der Waals surface area (Å²) in [6.45, 7) is 4.47. The second-order valence-electron chi connectivity index (χ2n) is 6.17. The normalized spacial score (nSPS) is 18.2. The molecule has 1 heterocycles. The summed E-state index contributed by atoms with van der Waals surface area (Å²) in [5.41, 5.74) is 0.595. The van der Waals surface area contributed by atoms with E-state index < -0.39 is 5.60 Å². The highest BCUT2D eigenvalue weighted by atomic mass is 16.5. The van der Waals surface area contributed by atoms with E-state index >= 15 is 0 Å². The first-order valence-electron chi connectivity index (χ1n) is 8.29. The van der Waals surface area contributed by atoms with Gasteiger partial charge in [0.1, 0.15) is 11.4 Å². The minimum atomic E-state index is -0.658. The van der Waals surface area contributed by atoms with E-state index in [4.69, 9.17) is 9.47 Å². The molecular formula is C18H28N2O3. The molecule has 5 nitrogen and oxygen atoms in total. The number of hydrogen-bond acceptors (Lipinski definition) is 4. The molecule has 1 aromatic carbocycles. The first-order chi connectivity index (χ1) is 11.1. The Morgan fingerprint density at radius 3 is 2.48 bits per heavy atom. The minimum absolute atomic E-state index is 0.0171. The Labute approximate surface area is 138 Å². The lowest BCUT2D eigenvalue weighted by molar-refractivity contribution is -0.146. The summed E-state index contributed by atoms with van der Waals surface area (Å²) < 4.78 is 10.7. The number of ether oxygens (including phenoxy) is 2. The van der Waals surface area contributed by atoms with Gasteiger partial charge in [-0.1, -0.05) is 19.1 Å². The Morgan fingerprint density at radius 1 is 1.26 bits per heavy atom. The lowest BCUT2D eigenvalue weighted by Gasteiger charge is -2.34. The molecule has 1 atom stereocenters. The van der Waals surface area contributed by atoms with E-state index in [2.05, 4.69) is 29.7 Å². The zero-order valence-electron chi connectivity index (χ0n) is 14.4. The van der Waals surface area contributed by atoms with E-state index in [1.165, 1.54) is 5.56 Å². The zero-order chi connectivity index (χ0) is 16.7. The number of nitrogens with one attached hydrogen (secondary N) is 2. The second kappa shape index (κ2) is 8.31.